The molecule has 0 fully saturated rings. The van der Waals surface area contributed by atoms with Gasteiger partial charge in [0, 0.05) is 6.04 Å². The van der Waals surface area contributed by atoms with E-state index in [9.17, 15) is 0 Å². The van der Waals surface area contributed by atoms with Gasteiger partial charge in [0.15, 0.2) is 0 Å². The van der Waals surface area contributed by atoms with Gasteiger partial charge >= 0.3 is 0 Å². The molecule has 0 aliphatic heterocycles. The minimum absolute atomic E-state index is 0.458. The van der Waals surface area contributed by atoms with Crippen LogP contribution in [0.5, 0.6) is 0 Å². The molecule has 0 bridgehead atoms. The van der Waals surface area contributed by atoms with Crippen molar-refractivity contribution in [1.29, 1.82) is 0 Å². The number of rotatable bonds is 8. The van der Waals surface area contributed by atoms with Gasteiger partial charge in [-0.15, -0.1) is 0 Å². The van der Waals surface area contributed by atoms with Crippen LogP contribution in [-0.4, -0.2) is 30.6 Å². The number of nitrogens with zero attached hydrogens (tertiary/aromatic N) is 1. The van der Waals surface area contributed by atoms with Gasteiger partial charge in [-0.05, 0) is 58.0 Å². The van der Waals surface area contributed by atoms with E-state index in [0.717, 1.165) is 30.0 Å². The molecule has 1 aromatic rings. The third-order valence-corrected chi connectivity index (χ3v) is 3.73. The Labute approximate surface area is 118 Å². The fourth-order valence-corrected chi connectivity index (χ4v) is 2.31. The number of nitrogens with two attached hydrogens (primary N) is 1. The number of para-hydroxylation sites is 1. The third kappa shape index (κ3) is 5.11. The van der Waals surface area contributed by atoms with Gasteiger partial charge in [0.2, 0.25) is 0 Å². The van der Waals surface area contributed by atoms with E-state index in [-0.39, 0.29) is 0 Å². The molecule has 3 N–H and O–H groups in total. The highest BCUT2D eigenvalue weighted by Gasteiger charge is 2.07. The predicted molar refractivity (Wildman–Crippen MR) is 85.7 cm³/mol. The van der Waals surface area contributed by atoms with Crippen LogP contribution < -0.4 is 11.1 Å². The Morgan fingerprint density at radius 2 is 1.95 bits per heavy atom. The summed E-state index contributed by atoms with van der Waals surface area (Å²) in [5.41, 5.74) is 9.16. The van der Waals surface area contributed by atoms with Crippen LogP contribution in [0.15, 0.2) is 18.2 Å². The normalized spacial score (nSPS) is 12.7. The van der Waals surface area contributed by atoms with E-state index in [4.69, 9.17) is 5.73 Å². The molecule has 0 amide bonds. The second-order valence-corrected chi connectivity index (χ2v) is 5.25. The van der Waals surface area contributed by atoms with Crippen LogP contribution in [-0.2, 0) is 0 Å². The molecule has 0 saturated heterocycles. The Hall–Kier alpha value is -1.22. The molecule has 0 saturated carbocycles. The van der Waals surface area contributed by atoms with Gasteiger partial charge < -0.3 is 16.0 Å². The molecule has 1 unspecified atom stereocenters. The number of hydrogen-bond donors (Lipinski definition) is 2. The summed E-state index contributed by atoms with van der Waals surface area (Å²) in [5.74, 6) is 0. The van der Waals surface area contributed by atoms with Crippen LogP contribution in [0.25, 0.3) is 0 Å². The van der Waals surface area contributed by atoms with Crippen molar-refractivity contribution in [3.8, 4) is 0 Å². The topological polar surface area (TPSA) is 41.3 Å². The molecule has 0 aliphatic carbocycles. The van der Waals surface area contributed by atoms with Crippen molar-refractivity contribution in [2.24, 2.45) is 0 Å². The maximum absolute atomic E-state index is 6.08. The first-order valence-electron chi connectivity index (χ1n) is 7.42. The lowest BCUT2D eigenvalue weighted by Gasteiger charge is -2.21. The highest BCUT2D eigenvalue weighted by Crippen LogP contribution is 2.23. The summed E-state index contributed by atoms with van der Waals surface area (Å²) >= 11 is 0. The highest BCUT2D eigenvalue weighted by molar-refractivity contribution is 5.69. The van der Waals surface area contributed by atoms with Gasteiger partial charge in [0.05, 0.1) is 11.4 Å². The van der Waals surface area contributed by atoms with Gasteiger partial charge in [-0.2, -0.15) is 0 Å². The SMILES string of the molecule is CCN(CC)CCCC(C)Nc1cccc(C)c1N. The maximum atomic E-state index is 6.08. The van der Waals surface area contributed by atoms with Gasteiger partial charge in [0.25, 0.3) is 0 Å². The van der Waals surface area contributed by atoms with Crippen molar-refractivity contribution >= 4 is 11.4 Å². The van der Waals surface area contributed by atoms with E-state index in [1.165, 1.54) is 19.4 Å². The zero-order valence-electron chi connectivity index (χ0n) is 12.9. The average molecular weight is 263 g/mol. The first-order valence-corrected chi connectivity index (χ1v) is 7.42. The van der Waals surface area contributed by atoms with Crippen LogP contribution >= 0.6 is 0 Å². The summed E-state index contributed by atoms with van der Waals surface area (Å²) in [6.45, 7) is 12.2. The Balaban J connectivity index is 2.39. The lowest BCUT2D eigenvalue weighted by Crippen LogP contribution is -2.25. The number of nitrogen functional groups attached to an aromatic ring is 1. The van der Waals surface area contributed by atoms with Crippen LogP contribution in [0.3, 0.4) is 0 Å². The molecule has 0 spiro atoms. The molecule has 3 heteroatoms. The van der Waals surface area contributed by atoms with Crippen molar-refractivity contribution < 1.29 is 0 Å². The maximum Gasteiger partial charge on any atom is 0.0579 e. The second kappa shape index (κ2) is 8.05. The molecule has 1 rings (SSSR count). The number of benzene rings is 1. The fourth-order valence-electron chi connectivity index (χ4n) is 2.31. The van der Waals surface area contributed by atoms with Crippen LogP contribution in [0.4, 0.5) is 11.4 Å². The Morgan fingerprint density at radius 1 is 1.26 bits per heavy atom. The highest BCUT2D eigenvalue weighted by atomic mass is 15.1. The number of aryl methyl sites for hydroxylation is 1. The van der Waals surface area contributed by atoms with Crippen LogP contribution in [0.2, 0.25) is 0 Å². The van der Waals surface area contributed by atoms with Crippen LogP contribution in [0.1, 0.15) is 39.2 Å². The Kier molecular flexibility index (Phi) is 6.71. The molecule has 1 atom stereocenters. The van der Waals surface area contributed by atoms with E-state index in [1.54, 1.807) is 0 Å². The van der Waals surface area contributed by atoms with E-state index in [1.807, 2.05) is 13.0 Å². The minimum atomic E-state index is 0.458. The Bertz CT molecular complexity index is 372. The number of hydrogen-bond acceptors (Lipinski definition) is 3. The average Bonchev–Trinajstić information content (AvgIpc) is 2.40. The molecule has 108 valence electrons. The van der Waals surface area contributed by atoms with Gasteiger partial charge in [0.1, 0.15) is 0 Å². The van der Waals surface area contributed by atoms with Gasteiger partial charge in [-0.1, -0.05) is 26.0 Å². The molecular weight excluding hydrogens is 234 g/mol. The summed E-state index contributed by atoms with van der Waals surface area (Å²) in [7, 11) is 0. The lowest BCUT2D eigenvalue weighted by atomic mass is 10.1. The molecule has 3 nitrogen and oxygen atoms in total. The molecule has 19 heavy (non-hydrogen) atoms. The third-order valence-electron chi connectivity index (χ3n) is 3.73. The lowest BCUT2D eigenvalue weighted by molar-refractivity contribution is 0.295. The Morgan fingerprint density at radius 3 is 2.58 bits per heavy atom. The van der Waals surface area contributed by atoms with Crippen molar-refractivity contribution in [1.82, 2.24) is 4.90 Å². The summed E-state index contributed by atoms with van der Waals surface area (Å²) in [6, 6.07) is 6.62. The van der Waals surface area contributed by atoms with Crippen molar-refractivity contribution in [2.45, 2.75) is 46.6 Å². The monoisotopic (exact) mass is 263 g/mol. The fraction of sp³-hybridized carbons (Fsp3) is 0.625. The quantitative estimate of drug-likeness (QED) is 0.705. The summed E-state index contributed by atoms with van der Waals surface area (Å²) in [6.07, 6.45) is 2.39. The molecule has 1 aromatic carbocycles. The molecule has 0 aliphatic rings. The van der Waals surface area contributed by atoms with Gasteiger partial charge in [-0.25, -0.2) is 0 Å². The molecular formula is C16H29N3. The molecule has 0 aromatic heterocycles. The smallest absolute Gasteiger partial charge is 0.0579 e. The standard InChI is InChI=1S/C16H29N3/c1-5-19(6-2)12-8-10-14(4)18-15-11-7-9-13(3)16(15)17/h7,9,11,14,18H,5-6,8,10,12,17H2,1-4H3. The predicted octanol–water partition coefficient (Wildman–Crippen LogP) is 3.50. The zero-order chi connectivity index (χ0) is 14.3. The first kappa shape index (κ1) is 15.8. The first-order chi connectivity index (χ1) is 9.08. The summed E-state index contributed by atoms with van der Waals surface area (Å²) in [5, 5.41) is 3.52. The van der Waals surface area contributed by atoms with Crippen molar-refractivity contribution in [2.75, 3.05) is 30.7 Å². The van der Waals surface area contributed by atoms with E-state index in [2.05, 4.69) is 43.1 Å². The van der Waals surface area contributed by atoms with Crippen molar-refractivity contribution in [3.05, 3.63) is 23.8 Å². The number of nitrogens with one attached hydrogen (secondary N) is 1. The van der Waals surface area contributed by atoms with E-state index < -0.39 is 0 Å². The van der Waals surface area contributed by atoms with Crippen LogP contribution in [0, 0.1) is 6.92 Å². The molecule has 0 radical (unpaired) electrons. The molecule has 0 heterocycles. The van der Waals surface area contributed by atoms with Gasteiger partial charge in [-0.3, -0.25) is 0 Å². The van der Waals surface area contributed by atoms with E-state index in [0.29, 0.717) is 6.04 Å². The summed E-state index contributed by atoms with van der Waals surface area (Å²) in [4.78, 5) is 2.47. The van der Waals surface area contributed by atoms with E-state index >= 15 is 0 Å². The second-order valence-electron chi connectivity index (χ2n) is 5.25. The number of anilines is 2. The zero-order valence-corrected chi connectivity index (χ0v) is 12.9. The largest absolute Gasteiger partial charge is 0.397 e. The summed E-state index contributed by atoms with van der Waals surface area (Å²) < 4.78 is 0. The minimum Gasteiger partial charge on any atom is -0.397 e. The van der Waals surface area contributed by atoms with Crippen molar-refractivity contribution in [3.63, 3.8) is 0 Å².